The number of nitrogens with two attached hydrogens (primary N) is 1. The molecule has 2 rings (SSSR count). The van der Waals surface area contributed by atoms with Crippen molar-refractivity contribution in [3.05, 3.63) is 0 Å². The van der Waals surface area contributed by atoms with Crippen molar-refractivity contribution in [2.24, 2.45) is 17.6 Å². The molecule has 0 aromatic carbocycles. The lowest BCUT2D eigenvalue weighted by Gasteiger charge is -2.31. The number of carbonyl (C=O) groups excluding carboxylic acids is 4. The largest absolute Gasteiger partial charge is 0.345 e. The van der Waals surface area contributed by atoms with Crippen LogP contribution in [0.3, 0.4) is 0 Å². The first-order valence-corrected chi connectivity index (χ1v) is 10.3. The lowest BCUT2D eigenvalue weighted by Crippen LogP contribution is -2.55. The smallest absolute Gasteiger partial charge is 0.245 e. The lowest BCUT2D eigenvalue weighted by atomic mass is 10.0. The number of piperidine rings is 1. The minimum absolute atomic E-state index is 0.0840. The molecule has 1 saturated carbocycles. The molecule has 2 aliphatic rings. The van der Waals surface area contributed by atoms with Gasteiger partial charge >= 0.3 is 0 Å². The minimum Gasteiger partial charge on any atom is -0.345 e. The molecule has 1 saturated heterocycles. The molecular weight excluding hydrogens is 360 g/mol. The van der Waals surface area contributed by atoms with Crippen molar-refractivity contribution >= 4 is 23.5 Å². The maximum absolute atomic E-state index is 13.0. The van der Waals surface area contributed by atoms with Crippen LogP contribution in [-0.2, 0) is 19.2 Å². The van der Waals surface area contributed by atoms with Crippen molar-refractivity contribution in [1.82, 2.24) is 15.1 Å². The van der Waals surface area contributed by atoms with Gasteiger partial charge in [-0.3, -0.25) is 19.2 Å². The molecule has 2 fully saturated rings. The molecule has 1 aliphatic heterocycles. The van der Waals surface area contributed by atoms with Gasteiger partial charge in [-0.1, -0.05) is 13.8 Å². The van der Waals surface area contributed by atoms with E-state index in [0.717, 1.165) is 19.3 Å². The van der Waals surface area contributed by atoms with Gasteiger partial charge < -0.3 is 20.9 Å². The van der Waals surface area contributed by atoms with Crippen LogP contribution in [0.5, 0.6) is 0 Å². The molecule has 0 aromatic rings. The average Bonchev–Trinajstić information content (AvgIpc) is 3.34. The molecule has 1 heterocycles. The van der Waals surface area contributed by atoms with Crippen LogP contribution >= 0.6 is 0 Å². The second-order valence-electron chi connectivity index (χ2n) is 8.53. The first-order valence-electron chi connectivity index (χ1n) is 10.3. The second kappa shape index (κ2) is 10.0. The van der Waals surface area contributed by atoms with Crippen LogP contribution in [-0.4, -0.2) is 72.1 Å². The number of likely N-dealkylation sites (tertiary alicyclic amines) is 1. The summed E-state index contributed by atoms with van der Waals surface area (Å²) in [5.74, 6) is -0.563. The minimum atomic E-state index is -0.923. The van der Waals surface area contributed by atoms with Gasteiger partial charge in [-0.15, -0.1) is 0 Å². The Labute approximate surface area is 167 Å². The quantitative estimate of drug-likeness (QED) is 0.584. The van der Waals surface area contributed by atoms with E-state index in [1.807, 2.05) is 13.8 Å². The molecule has 3 N–H and O–H groups in total. The second-order valence-corrected chi connectivity index (χ2v) is 8.53. The highest BCUT2D eigenvalue weighted by Gasteiger charge is 2.37. The summed E-state index contributed by atoms with van der Waals surface area (Å²) in [5.41, 5.74) is 5.96. The van der Waals surface area contributed by atoms with E-state index in [4.69, 9.17) is 5.73 Å². The standard InChI is InChI=1S/C20H34N4O4/c1-13(2)9-15(21)19(27)22-16(20(28)24-7-5-4-6-8-24)11-18(26)23(3)12-14-10-17(14)25/h13-16H,4-12,21H2,1-3H3,(H,22,27)/t14?,15-,16?/m0/s1. The van der Waals surface area contributed by atoms with Crippen LogP contribution in [0.25, 0.3) is 0 Å². The van der Waals surface area contributed by atoms with Crippen molar-refractivity contribution in [3.63, 3.8) is 0 Å². The molecular formula is C20H34N4O4. The fourth-order valence-electron chi connectivity index (χ4n) is 3.54. The van der Waals surface area contributed by atoms with Crippen LogP contribution in [0.1, 0.15) is 52.4 Å². The number of carbonyl (C=O) groups is 4. The SMILES string of the molecule is CC(C)C[C@H](N)C(=O)NC(CC(=O)N(C)CC1CC1=O)C(=O)N1CCCCC1. The Hall–Kier alpha value is -1.96. The van der Waals surface area contributed by atoms with Crippen molar-refractivity contribution in [2.45, 2.75) is 64.5 Å². The molecule has 1 aliphatic carbocycles. The molecule has 0 radical (unpaired) electrons. The van der Waals surface area contributed by atoms with E-state index in [9.17, 15) is 19.2 Å². The fourth-order valence-corrected chi connectivity index (χ4v) is 3.54. The fraction of sp³-hybridized carbons (Fsp3) is 0.800. The highest BCUT2D eigenvalue weighted by Crippen LogP contribution is 2.24. The summed E-state index contributed by atoms with van der Waals surface area (Å²) in [6.07, 6.45) is 3.83. The summed E-state index contributed by atoms with van der Waals surface area (Å²) in [4.78, 5) is 52.5. The van der Waals surface area contributed by atoms with Gasteiger partial charge in [-0.25, -0.2) is 0 Å². The summed E-state index contributed by atoms with van der Waals surface area (Å²) < 4.78 is 0. The van der Waals surface area contributed by atoms with Gasteiger partial charge in [0.1, 0.15) is 11.8 Å². The van der Waals surface area contributed by atoms with Crippen LogP contribution in [0, 0.1) is 11.8 Å². The molecule has 2 unspecified atom stereocenters. The zero-order valence-electron chi connectivity index (χ0n) is 17.3. The lowest BCUT2D eigenvalue weighted by molar-refractivity contribution is -0.141. The summed E-state index contributed by atoms with van der Waals surface area (Å²) in [7, 11) is 1.63. The molecule has 0 spiro atoms. The number of amides is 3. The van der Waals surface area contributed by atoms with Crippen LogP contribution < -0.4 is 11.1 Å². The third kappa shape index (κ3) is 6.58. The molecule has 28 heavy (non-hydrogen) atoms. The zero-order chi connectivity index (χ0) is 20.8. The van der Waals surface area contributed by atoms with Gasteiger partial charge in [-0.05, 0) is 31.6 Å². The normalized spacial score (nSPS) is 21.2. The van der Waals surface area contributed by atoms with Crippen LogP contribution in [0.4, 0.5) is 0 Å². The average molecular weight is 395 g/mol. The van der Waals surface area contributed by atoms with E-state index >= 15 is 0 Å². The summed E-state index contributed by atoms with van der Waals surface area (Å²) in [6.45, 7) is 5.60. The Morgan fingerprint density at radius 3 is 2.36 bits per heavy atom. The number of hydrogen-bond donors (Lipinski definition) is 2. The van der Waals surface area contributed by atoms with Crippen molar-refractivity contribution in [2.75, 3.05) is 26.7 Å². The summed E-state index contributed by atoms with van der Waals surface area (Å²) in [5, 5.41) is 2.71. The summed E-state index contributed by atoms with van der Waals surface area (Å²) in [6, 6.07) is -1.64. The molecule has 158 valence electrons. The van der Waals surface area contributed by atoms with Gasteiger partial charge in [0, 0.05) is 39.0 Å². The Kier molecular flexibility index (Phi) is 7.98. The predicted molar refractivity (Wildman–Crippen MR) is 105 cm³/mol. The first kappa shape index (κ1) is 22.3. The molecule has 8 heteroatoms. The van der Waals surface area contributed by atoms with E-state index < -0.39 is 18.0 Å². The zero-order valence-corrected chi connectivity index (χ0v) is 17.3. The topological polar surface area (TPSA) is 113 Å². The third-order valence-corrected chi connectivity index (χ3v) is 5.39. The van der Waals surface area contributed by atoms with Gasteiger partial charge in [0.15, 0.2) is 0 Å². The number of Topliss-reactive ketones (excluding diaryl/α,β-unsaturated/α-hetero) is 1. The van der Waals surface area contributed by atoms with Gasteiger partial charge in [0.05, 0.1) is 12.5 Å². The van der Waals surface area contributed by atoms with Crippen LogP contribution in [0.15, 0.2) is 0 Å². The van der Waals surface area contributed by atoms with E-state index in [2.05, 4.69) is 5.32 Å². The highest BCUT2D eigenvalue weighted by atomic mass is 16.2. The number of rotatable bonds is 9. The molecule has 3 amide bonds. The number of hydrogen-bond acceptors (Lipinski definition) is 5. The van der Waals surface area contributed by atoms with Crippen molar-refractivity contribution in [3.8, 4) is 0 Å². The molecule has 0 aromatic heterocycles. The molecule has 3 atom stereocenters. The van der Waals surface area contributed by atoms with Gasteiger partial charge in [-0.2, -0.15) is 0 Å². The van der Waals surface area contributed by atoms with E-state index in [1.165, 1.54) is 4.90 Å². The summed E-state index contributed by atoms with van der Waals surface area (Å²) >= 11 is 0. The third-order valence-electron chi connectivity index (χ3n) is 5.39. The van der Waals surface area contributed by atoms with Gasteiger partial charge in [0.2, 0.25) is 17.7 Å². The Bertz CT molecular complexity index is 601. The Balaban J connectivity index is 2.01. The van der Waals surface area contributed by atoms with Gasteiger partial charge in [0.25, 0.3) is 0 Å². The highest BCUT2D eigenvalue weighted by molar-refractivity contribution is 5.97. The van der Waals surface area contributed by atoms with E-state index in [1.54, 1.807) is 11.9 Å². The monoisotopic (exact) mass is 394 g/mol. The maximum atomic E-state index is 13.0. The number of ketones is 1. The van der Waals surface area contributed by atoms with E-state index in [-0.39, 0.29) is 35.9 Å². The number of nitrogens with zero attached hydrogens (tertiary/aromatic N) is 2. The molecule has 0 bridgehead atoms. The van der Waals surface area contributed by atoms with Crippen molar-refractivity contribution < 1.29 is 19.2 Å². The Morgan fingerprint density at radius 2 is 1.82 bits per heavy atom. The molecule has 8 nitrogen and oxygen atoms in total. The van der Waals surface area contributed by atoms with Crippen molar-refractivity contribution in [1.29, 1.82) is 0 Å². The van der Waals surface area contributed by atoms with Crippen LogP contribution in [0.2, 0.25) is 0 Å². The van der Waals surface area contributed by atoms with E-state index in [0.29, 0.717) is 32.5 Å². The number of nitrogens with one attached hydrogen (secondary N) is 1. The first-order chi connectivity index (χ1) is 13.2. The maximum Gasteiger partial charge on any atom is 0.245 e. The predicted octanol–water partition coefficient (Wildman–Crippen LogP) is 0.295. The Morgan fingerprint density at radius 1 is 1.21 bits per heavy atom.